The van der Waals surface area contributed by atoms with Crippen LogP contribution in [0.4, 0.5) is 0 Å². The molecule has 9 heavy (non-hydrogen) atoms. The van der Waals surface area contributed by atoms with Crippen molar-refractivity contribution in [3.8, 4) is 0 Å². The molecule has 0 spiro atoms. The molecule has 2 N–H and O–H groups in total. The molecule has 0 saturated carbocycles. The van der Waals surface area contributed by atoms with Gasteiger partial charge in [0.2, 0.25) is 5.91 Å². The Morgan fingerprint density at radius 2 is 2.22 bits per heavy atom. The van der Waals surface area contributed by atoms with Crippen molar-refractivity contribution in [2.75, 3.05) is 20.6 Å². The largest absolute Gasteiger partial charge is 0.366 e. The summed E-state index contributed by atoms with van der Waals surface area (Å²) >= 11 is 0. The lowest BCUT2D eigenvalue weighted by Crippen LogP contribution is -2.12. The second kappa shape index (κ2) is 4.09. The number of nitrogens with zero attached hydrogens (tertiary/aromatic N) is 1. The van der Waals surface area contributed by atoms with Crippen molar-refractivity contribution >= 4 is 5.91 Å². The molecular weight excluding hydrogens is 116 g/mol. The fraction of sp³-hybridized carbons (Fsp3) is 0.500. The quantitative estimate of drug-likeness (QED) is 0.525. The molecule has 0 saturated heterocycles. The van der Waals surface area contributed by atoms with Gasteiger partial charge in [-0.1, -0.05) is 6.08 Å². The number of rotatable bonds is 3. The summed E-state index contributed by atoms with van der Waals surface area (Å²) < 4.78 is 0. The smallest absolute Gasteiger partial charge is 0.241 e. The van der Waals surface area contributed by atoms with Gasteiger partial charge in [-0.2, -0.15) is 0 Å². The van der Waals surface area contributed by atoms with E-state index >= 15 is 0 Å². The van der Waals surface area contributed by atoms with Gasteiger partial charge < -0.3 is 10.6 Å². The zero-order chi connectivity index (χ0) is 7.28. The minimum atomic E-state index is -0.392. The zero-order valence-electron chi connectivity index (χ0n) is 5.79. The molecule has 0 fully saturated rings. The minimum absolute atomic E-state index is 0.392. The second-order valence-electron chi connectivity index (χ2n) is 2.07. The third-order valence-corrected chi connectivity index (χ3v) is 0.753. The maximum absolute atomic E-state index is 10.1. The summed E-state index contributed by atoms with van der Waals surface area (Å²) in [5.74, 6) is -0.392. The Hall–Kier alpha value is -0.830. The average molecular weight is 128 g/mol. The molecule has 0 bridgehead atoms. The minimum Gasteiger partial charge on any atom is -0.366 e. The van der Waals surface area contributed by atoms with E-state index in [9.17, 15) is 4.79 Å². The highest BCUT2D eigenvalue weighted by atomic mass is 16.1. The molecule has 1 amide bonds. The summed E-state index contributed by atoms with van der Waals surface area (Å²) in [6, 6.07) is 0. The molecule has 0 aromatic rings. The van der Waals surface area contributed by atoms with Gasteiger partial charge in [-0.05, 0) is 20.2 Å². The van der Waals surface area contributed by atoms with Crippen molar-refractivity contribution in [1.29, 1.82) is 0 Å². The molecule has 3 nitrogen and oxygen atoms in total. The van der Waals surface area contributed by atoms with Crippen LogP contribution >= 0.6 is 0 Å². The first-order valence-electron chi connectivity index (χ1n) is 2.73. The summed E-state index contributed by atoms with van der Waals surface area (Å²) in [6.45, 7) is 0.753. The number of carbonyl (C=O) groups excluding carboxylic acids is 1. The van der Waals surface area contributed by atoms with Crippen LogP contribution in [0.5, 0.6) is 0 Å². The average Bonchev–Trinajstić information content (AvgIpc) is 1.63. The Balaban J connectivity index is 3.36. The highest BCUT2D eigenvalue weighted by Gasteiger charge is 1.83. The van der Waals surface area contributed by atoms with Crippen LogP contribution in [-0.2, 0) is 4.79 Å². The van der Waals surface area contributed by atoms with Crippen molar-refractivity contribution in [2.45, 2.75) is 0 Å². The van der Waals surface area contributed by atoms with Gasteiger partial charge in [0.05, 0.1) is 0 Å². The first-order chi connectivity index (χ1) is 4.13. The van der Waals surface area contributed by atoms with Crippen molar-refractivity contribution in [2.24, 2.45) is 5.73 Å². The fourth-order valence-electron chi connectivity index (χ4n) is 0.380. The van der Waals surface area contributed by atoms with Crippen LogP contribution in [0, 0.1) is 0 Å². The van der Waals surface area contributed by atoms with Gasteiger partial charge in [-0.15, -0.1) is 0 Å². The summed E-state index contributed by atoms with van der Waals surface area (Å²) in [5.41, 5.74) is 4.83. The highest BCUT2D eigenvalue weighted by molar-refractivity contribution is 5.85. The normalized spacial score (nSPS) is 11.0. The number of primary amides is 1. The number of hydrogen-bond donors (Lipinski definition) is 1. The topological polar surface area (TPSA) is 46.3 Å². The molecule has 0 rings (SSSR count). The van der Waals surface area contributed by atoms with E-state index in [-0.39, 0.29) is 0 Å². The maximum Gasteiger partial charge on any atom is 0.241 e. The molecule has 0 heterocycles. The first-order valence-corrected chi connectivity index (χ1v) is 2.73. The monoisotopic (exact) mass is 128 g/mol. The van der Waals surface area contributed by atoms with Gasteiger partial charge in [0.1, 0.15) is 0 Å². The van der Waals surface area contributed by atoms with E-state index < -0.39 is 5.91 Å². The number of carbonyl (C=O) groups is 1. The maximum atomic E-state index is 10.1. The lowest BCUT2D eigenvalue weighted by Gasteiger charge is -2.02. The fourth-order valence-corrected chi connectivity index (χ4v) is 0.380. The van der Waals surface area contributed by atoms with Crippen LogP contribution in [0.25, 0.3) is 0 Å². The number of likely N-dealkylation sites (N-methyl/N-ethyl adjacent to an activating group) is 1. The SMILES string of the molecule is CN(C)C/C=C/C(N)=O. The molecule has 0 aliphatic heterocycles. The van der Waals surface area contributed by atoms with E-state index in [2.05, 4.69) is 0 Å². The number of nitrogens with two attached hydrogens (primary N) is 1. The van der Waals surface area contributed by atoms with Gasteiger partial charge >= 0.3 is 0 Å². The molecular formula is C6H12N2O. The van der Waals surface area contributed by atoms with E-state index in [1.54, 1.807) is 6.08 Å². The van der Waals surface area contributed by atoms with Crippen molar-refractivity contribution in [3.05, 3.63) is 12.2 Å². The van der Waals surface area contributed by atoms with Crippen LogP contribution in [0.1, 0.15) is 0 Å². The summed E-state index contributed by atoms with van der Waals surface area (Å²) in [5, 5.41) is 0. The predicted octanol–water partition coefficient (Wildman–Crippen LogP) is -0.410. The van der Waals surface area contributed by atoms with E-state index in [0.717, 1.165) is 6.54 Å². The van der Waals surface area contributed by atoms with Gasteiger partial charge in [-0.25, -0.2) is 0 Å². The first kappa shape index (κ1) is 8.17. The Labute approximate surface area is 55.1 Å². The van der Waals surface area contributed by atoms with Crippen LogP contribution in [0.3, 0.4) is 0 Å². The van der Waals surface area contributed by atoms with Gasteiger partial charge in [0, 0.05) is 6.54 Å². The standard InChI is InChI=1S/C6H12N2O/c1-8(2)5-3-4-6(7)9/h3-4H,5H2,1-2H3,(H2,7,9)/b4-3+. The Morgan fingerprint density at radius 3 is 2.56 bits per heavy atom. The molecule has 0 radical (unpaired) electrons. The molecule has 52 valence electrons. The molecule has 0 atom stereocenters. The van der Waals surface area contributed by atoms with Gasteiger partial charge in [0.25, 0.3) is 0 Å². The summed E-state index contributed by atoms with van der Waals surface area (Å²) in [6.07, 6.45) is 3.09. The van der Waals surface area contributed by atoms with Gasteiger partial charge in [0.15, 0.2) is 0 Å². The Morgan fingerprint density at radius 1 is 1.67 bits per heavy atom. The Kier molecular flexibility index (Phi) is 3.71. The molecule has 0 aromatic heterocycles. The van der Waals surface area contributed by atoms with E-state index in [4.69, 9.17) is 5.73 Å². The second-order valence-corrected chi connectivity index (χ2v) is 2.07. The van der Waals surface area contributed by atoms with Crippen molar-refractivity contribution < 1.29 is 4.79 Å². The molecule has 0 unspecified atom stereocenters. The number of hydrogen-bond acceptors (Lipinski definition) is 2. The van der Waals surface area contributed by atoms with Crippen LogP contribution in [0.15, 0.2) is 12.2 Å². The lowest BCUT2D eigenvalue weighted by molar-refractivity contribution is -0.113. The van der Waals surface area contributed by atoms with E-state index in [1.807, 2.05) is 19.0 Å². The molecule has 0 aromatic carbocycles. The molecule has 0 aliphatic carbocycles. The summed E-state index contributed by atoms with van der Waals surface area (Å²) in [4.78, 5) is 12.0. The Bertz CT molecular complexity index is 118. The third-order valence-electron chi connectivity index (χ3n) is 0.753. The molecule has 3 heteroatoms. The predicted molar refractivity (Wildman–Crippen MR) is 36.9 cm³/mol. The lowest BCUT2D eigenvalue weighted by atomic mass is 10.4. The summed E-state index contributed by atoms with van der Waals surface area (Å²) in [7, 11) is 3.84. The molecule has 0 aliphatic rings. The highest BCUT2D eigenvalue weighted by Crippen LogP contribution is 1.75. The van der Waals surface area contributed by atoms with E-state index in [1.165, 1.54) is 6.08 Å². The van der Waals surface area contributed by atoms with Crippen LogP contribution in [-0.4, -0.2) is 31.4 Å². The zero-order valence-corrected chi connectivity index (χ0v) is 5.79. The van der Waals surface area contributed by atoms with Crippen molar-refractivity contribution in [3.63, 3.8) is 0 Å². The van der Waals surface area contributed by atoms with Gasteiger partial charge in [-0.3, -0.25) is 4.79 Å². The number of amides is 1. The van der Waals surface area contributed by atoms with Crippen LogP contribution < -0.4 is 5.73 Å². The van der Waals surface area contributed by atoms with Crippen molar-refractivity contribution in [1.82, 2.24) is 4.90 Å². The van der Waals surface area contributed by atoms with E-state index in [0.29, 0.717) is 0 Å². The third kappa shape index (κ3) is 7.17. The van der Waals surface area contributed by atoms with Crippen LogP contribution in [0.2, 0.25) is 0 Å².